The number of carbonyl (C=O) groups is 1. The van der Waals surface area contributed by atoms with Crippen molar-refractivity contribution >= 4 is 23.4 Å². The molecule has 1 aromatic heterocycles. The second kappa shape index (κ2) is 5.49. The van der Waals surface area contributed by atoms with Gasteiger partial charge in [0.1, 0.15) is 6.20 Å². The summed E-state index contributed by atoms with van der Waals surface area (Å²) < 4.78 is 0. The van der Waals surface area contributed by atoms with Crippen molar-refractivity contribution in [2.45, 2.75) is 9.79 Å². The average Bonchev–Trinajstić information content (AvgIpc) is 2.39. The van der Waals surface area contributed by atoms with Gasteiger partial charge in [-0.25, -0.2) is 4.79 Å². The van der Waals surface area contributed by atoms with Crippen molar-refractivity contribution in [2.24, 2.45) is 0 Å². The maximum absolute atomic E-state index is 10.9. The zero-order valence-electron chi connectivity index (χ0n) is 9.52. The van der Waals surface area contributed by atoms with Gasteiger partial charge < -0.3 is 5.11 Å². The molecule has 0 aliphatic heterocycles. The molecule has 1 heterocycles. The van der Waals surface area contributed by atoms with Crippen LogP contribution in [0.1, 0.15) is 10.4 Å². The summed E-state index contributed by atoms with van der Waals surface area (Å²) in [7, 11) is 0. The molecule has 1 N–H and O–H groups in total. The number of benzene rings is 1. The molecule has 0 saturated heterocycles. The van der Waals surface area contributed by atoms with Crippen LogP contribution in [0, 0.1) is 10.1 Å². The standard InChI is InChI=1S/C12H8N2O4S/c15-12(16)8-2-1-3-9(6-8)19-11-4-5-13-7-10(11)14(17)18/h1-7H,(H,15,16). The second-order valence-corrected chi connectivity index (χ2v) is 4.65. The summed E-state index contributed by atoms with van der Waals surface area (Å²) in [4.78, 5) is 25.9. The maximum Gasteiger partial charge on any atom is 0.335 e. The number of aromatic carboxylic acids is 1. The number of nitrogens with zero attached hydrogens (tertiary/aromatic N) is 2. The molecule has 0 aliphatic rings. The van der Waals surface area contributed by atoms with Crippen LogP contribution in [0.2, 0.25) is 0 Å². The lowest BCUT2D eigenvalue weighted by atomic mass is 10.2. The molecule has 6 nitrogen and oxygen atoms in total. The normalized spacial score (nSPS) is 10.1. The number of carboxylic acid groups (broad SMARTS) is 1. The molecule has 2 rings (SSSR count). The number of nitro groups is 1. The van der Waals surface area contributed by atoms with Crippen LogP contribution >= 0.6 is 11.8 Å². The summed E-state index contributed by atoms with van der Waals surface area (Å²) in [6.07, 6.45) is 2.62. The van der Waals surface area contributed by atoms with Gasteiger partial charge in [-0.1, -0.05) is 17.8 Å². The number of aromatic nitrogens is 1. The first kappa shape index (κ1) is 13.0. The lowest BCUT2D eigenvalue weighted by Gasteiger charge is -2.03. The van der Waals surface area contributed by atoms with Crippen molar-refractivity contribution < 1.29 is 14.8 Å². The van der Waals surface area contributed by atoms with Gasteiger partial charge in [-0.2, -0.15) is 0 Å². The minimum atomic E-state index is -1.04. The first-order chi connectivity index (χ1) is 9.08. The molecule has 0 aliphatic carbocycles. The first-order valence-corrected chi connectivity index (χ1v) is 5.99. The molecule has 0 unspecified atom stereocenters. The van der Waals surface area contributed by atoms with Crippen molar-refractivity contribution in [3.63, 3.8) is 0 Å². The number of hydrogen-bond acceptors (Lipinski definition) is 5. The minimum absolute atomic E-state index is 0.103. The topological polar surface area (TPSA) is 93.3 Å². The van der Waals surface area contributed by atoms with Crippen LogP contribution in [-0.4, -0.2) is 21.0 Å². The third-order valence-corrected chi connectivity index (χ3v) is 3.32. The molecular formula is C12H8N2O4S. The maximum atomic E-state index is 10.9. The predicted octanol–water partition coefficient (Wildman–Crippen LogP) is 2.84. The molecule has 0 fully saturated rings. The van der Waals surface area contributed by atoms with E-state index in [1.54, 1.807) is 12.1 Å². The highest BCUT2D eigenvalue weighted by atomic mass is 32.2. The van der Waals surface area contributed by atoms with Gasteiger partial charge in [-0.15, -0.1) is 0 Å². The monoisotopic (exact) mass is 276 g/mol. The van der Waals surface area contributed by atoms with Crippen LogP contribution < -0.4 is 0 Å². The SMILES string of the molecule is O=C(O)c1cccc(Sc2ccncc2[N+](=O)[O-])c1. The highest BCUT2D eigenvalue weighted by molar-refractivity contribution is 7.99. The summed E-state index contributed by atoms with van der Waals surface area (Å²) in [5.41, 5.74) is 0.0370. The fourth-order valence-electron chi connectivity index (χ4n) is 1.42. The van der Waals surface area contributed by atoms with Crippen LogP contribution in [0.4, 0.5) is 5.69 Å². The van der Waals surface area contributed by atoms with E-state index in [1.807, 2.05) is 0 Å². The number of hydrogen-bond donors (Lipinski definition) is 1. The molecule has 0 spiro atoms. The van der Waals surface area contributed by atoms with Crippen LogP contribution in [0.25, 0.3) is 0 Å². The van der Waals surface area contributed by atoms with E-state index in [0.29, 0.717) is 9.79 Å². The largest absolute Gasteiger partial charge is 0.478 e. The summed E-state index contributed by atoms with van der Waals surface area (Å²) in [6, 6.07) is 7.75. The Morgan fingerprint density at radius 2 is 2.16 bits per heavy atom. The van der Waals surface area contributed by atoms with Crippen molar-refractivity contribution in [1.29, 1.82) is 0 Å². The lowest BCUT2D eigenvalue weighted by Crippen LogP contribution is -1.95. The smallest absolute Gasteiger partial charge is 0.335 e. The summed E-state index contributed by atoms with van der Waals surface area (Å²) >= 11 is 1.13. The third kappa shape index (κ3) is 3.08. The molecule has 0 bridgehead atoms. The zero-order chi connectivity index (χ0) is 13.8. The zero-order valence-corrected chi connectivity index (χ0v) is 10.3. The Labute approximate surface area is 112 Å². The summed E-state index contributed by atoms with van der Waals surface area (Å²) in [5.74, 6) is -1.04. The number of rotatable bonds is 4. The molecule has 7 heteroatoms. The Kier molecular flexibility index (Phi) is 3.76. The molecule has 0 saturated carbocycles. The van der Waals surface area contributed by atoms with Gasteiger partial charge in [0.2, 0.25) is 0 Å². The molecule has 0 atom stereocenters. The van der Waals surface area contributed by atoms with Crippen LogP contribution in [-0.2, 0) is 0 Å². The van der Waals surface area contributed by atoms with Crippen LogP contribution in [0.5, 0.6) is 0 Å². The van der Waals surface area contributed by atoms with Crippen molar-refractivity contribution in [1.82, 2.24) is 4.98 Å². The highest BCUT2D eigenvalue weighted by Gasteiger charge is 2.15. The Morgan fingerprint density at radius 1 is 1.37 bits per heavy atom. The van der Waals surface area contributed by atoms with E-state index < -0.39 is 10.9 Å². The first-order valence-electron chi connectivity index (χ1n) is 5.17. The van der Waals surface area contributed by atoms with Gasteiger partial charge in [0, 0.05) is 11.1 Å². The molecule has 0 radical (unpaired) electrons. The van der Waals surface area contributed by atoms with E-state index in [2.05, 4.69) is 4.98 Å². The number of carboxylic acids is 1. The van der Waals surface area contributed by atoms with Gasteiger partial charge in [0.25, 0.3) is 0 Å². The van der Waals surface area contributed by atoms with Crippen molar-refractivity contribution in [3.8, 4) is 0 Å². The van der Waals surface area contributed by atoms with E-state index in [1.165, 1.54) is 30.6 Å². The highest BCUT2D eigenvalue weighted by Crippen LogP contribution is 2.34. The molecule has 96 valence electrons. The van der Waals surface area contributed by atoms with Crippen LogP contribution in [0.15, 0.2) is 52.5 Å². The van der Waals surface area contributed by atoms with Crippen LogP contribution in [0.3, 0.4) is 0 Å². The Morgan fingerprint density at radius 3 is 2.84 bits per heavy atom. The Balaban J connectivity index is 2.34. The lowest BCUT2D eigenvalue weighted by molar-refractivity contribution is -0.388. The summed E-state index contributed by atoms with van der Waals surface area (Å²) in [5, 5.41) is 19.7. The fraction of sp³-hybridized carbons (Fsp3) is 0. The molecule has 19 heavy (non-hydrogen) atoms. The van der Waals surface area contributed by atoms with Gasteiger partial charge in [0.15, 0.2) is 0 Å². The van der Waals surface area contributed by atoms with Gasteiger partial charge in [-0.3, -0.25) is 15.1 Å². The van der Waals surface area contributed by atoms with Gasteiger partial charge in [0.05, 0.1) is 15.4 Å². The molecule has 2 aromatic rings. The van der Waals surface area contributed by atoms with Crippen molar-refractivity contribution in [3.05, 3.63) is 58.4 Å². The van der Waals surface area contributed by atoms with E-state index in [0.717, 1.165) is 11.8 Å². The third-order valence-electron chi connectivity index (χ3n) is 2.27. The summed E-state index contributed by atoms with van der Waals surface area (Å²) in [6.45, 7) is 0. The molecule has 1 aromatic carbocycles. The van der Waals surface area contributed by atoms with E-state index in [-0.39, 0.29) is 11.3 Å². The second-order valence-electron chi connectivity index (χ2n) is 3.54. The Bertz CT molecular complexity index is 645. The number of pyridine rings is 1. The van der Waals surface area contributed by atoms with Crippen molar-refractivity contribution in [2.75, 3.05) is 0 Å². The minimum Gasteiger partial charge on any atom is -0.478 e. The molecular weight excluding hydrogens is 268 g/mol. The Hall–Kier alpha value is -2.41. The quantitative estimate of drug-likeness (QED) is 0.681. The molecule has 0 amide bonds. The van der Waals surface area contributed by atoms with E-state index in [4.69, 9.17) is 5.11 Å². The predicted molar refractivity (Wildman–Crippen MR) is 68.4 cm³/mol. The fourth-order valence-corrected chi connectivity index (χ4v) is 2.36. The average molecular weight is 276 g/mol. The van der Waals surface area contributed by atoms with Gasteiger partial charge >= 0.3 is 11.7 Å². The van der Waals surface area contributed by atoms with E-state index >= 15 is 0 Å². The van der Waals surface area contributed by atoms with E-state index in [9.17, 15) is 14.9 Å². The van der Waals surface area contributed by atoms with Gasteiger partial charge in [-0.05, 0) is 24.3 Å².